The van der Waals surface area contributed by atoms with Crippen LogP contribution in [0.4, 0.5) is 41.0 Å². The van der Waals surface area contributed by atoms with Gasteiger partial charge in [0.1, 0.15) is 18.0 Å². The standard InChI is InChI=1S/C22H22F3N7O/c1-12(2)30-20-17(19(27)28-11-29-20)18(26)13-3-7-15(8-4-13)31-21(33)32-16-9-5-14(6-10-16)22(23,24)25/h3-12,26H,1-2H3,(H2,31,32,33)(H3,27,28,29,30). The summed E-state index contributed by atoms with van der Waals surface area (Å²) in [6, 6.07) is 9.99. The van der Waals surface area contributed by atoms with E-state index in [1.54, 1.807) is 24.3 Å². The third kappa shape index (κ3) is 5.97. The van der Waals surface area contributed by atoms with Gasteiger partial charge in [-0.1, -0.05) is 12.1 Å². The number of halogens is 3. The zero-order chi connectivity index (χ0) is 24.2. The highest BCUT2D eigenvalue weighted by molar-refractivity contribution is 6.16. The SMILES string of the molecule is CC(C)Nc1ncnc(N)c1C(=N)c1ccc(NC(=O)Nc2ccc(C(F)(F)F)cc2)cc1. The second-order valence-electron chi connectivity index (χ2n) is 7.39. The molecule has 0 aliphatic carbocycles. The van der Waals surface area contributed by atoms with E-state index in [2.05, 4.69) is 25.9 Å². The highest BCUT2D eigenvalue weighted by Crippen LogP contribution is 2.30. The quantitative estimate of drug-likeness (QED) is 0.334. The third-order valence-electron chi connectivity index (χ3n) is 4.45. The first-order valence-corrected chi connectivity index (χ1v) is 9.86. The molecule has 33 heavy (non-hydrogen) atoms. The van der Waals surface area contributed by atoms with Gasteiger partial charge in [-0.3, -0.25) is 5.41 Å². The molecule has 0 aliphatic heterocycles. The second kappa shape index (κ2) is 9.55. The number of rotatable bonds is 6. The van der Waals surface area contributed by atoms with Gasteiger partial charge in [-0.15, -0.1) is 0 Å². The molecule has 11 heteroatoms. The first-order valence-electron chi connectivity index (χ1n) is 9.86. The fourth-order valence-corrected chi connectivity index (χ4v) is 2.93. The van der Waals surface area contributed by atoms with Gasteiger partial charge < -0.3 is 21.7 Å². The van der Waals surface area contributed by atoms with Crippen LogP contribution >= 0.6 is 0 Å². The van der Waals surface area contributed by atoms with Crippen molar-refractivity contribution in [3.8, 4) is 0 Å². The van der Waals surface area contributed by atoms with E-state index >= 15 is 0 Å². The number of nitrogens with one attached hydrogen (secondary N) is 4. The van der Waals surface area contributed by atoms with Gasteiger partial charge in [-0.2, -0.15) is 13.2 Å². The number of amides is 2. The maximum absolute atomic E-state index is 12.6. The Morgan fingerprint density at radius 1 is 0.970 bits per heavy atom. The normalized spacial score (nSPS) is 11.2. The number of carbonyl (C=O) groups excluding carboxylic acids is 1. The van der Waals surface area contributed by atoms with E-state index in [1.807, 2.05) is 13.8 Å². The average molecular weight is 457 g/mol. The number of nitrogen functional groups attached to an aromatic ring is 1. The smallest absolute Gasteiger partial charge is 0.383 e. The summed E-state index contributed by atoms with van der Waals surface area (Å²) in [7, 11) is 0. The zero-order valence-corrected chi connectivity index (χ0v) is 17.8. The Labute approximate surface area is 188 Å². The molecule has 6 N–H and O–H groups in total. The lowest BCUT2D eigenvalue weighted by atomic mass is 10.0. The monoisotopic (exact) mass is 457 g/mol. The number of urea groups is 1. The molecule has 0 bridgehead atoms. The number of carbonyl (C=O) groups is 1. The zero-order valence-electron chi connectivity index (χ0n) is 17.8. The molecule has 1 heterocycles. The highest BCUT2D eigenvalue weighted by Gasteiger charge is 2.30. The predicted octanol–water partition coefficient (Wildman–Crippen LogP) is 4.96. The number of hydrogen-bond acceptors (Lipinski definition) is 6. The number of hydrogen-bond donors (Lipinski definition) is 5. The molecule has 0 aliphatic rings. The summed E-state index contributed by atoms with van der Waals surface area (Å²) in [5, 5.41) is 16.7. The van der Waals surface area contributed by atoms with Gasteiger partial charge in [0.05, 0.1) is 16.8 Å². The summed E-state index contributed by atoms with van der Waals surface area (Å²) >= 11 is 0. The molecule has 0 saturated heterocycles. The second-order valence-corrected chi connectivity index (χ2v) is 7.39. The molecule has 0 fully saturated rings. The van der Waals surface area contributed by atoms with E-state index in [4.69, 9.17) is 11.1 Å². The maximum Gasteiger partial charge on any atom is 0.416 e. The Hall–Kier alpha value is -4.15. The molecule has 0 radical (unpaired) electrons. The average Bonchev–Trinajstić information content (AvgIpc) is 2.73. The number of aromatic nitrogens is 2. The van der Waals surface area contributed by atoms with Gasteiger partial charge >= 0.3 is 12.2 Å². The molecular formula is C22H22F3N7O. The molecule has 8 nitrogen and oxygen atoms in total. The molecule has 0 spiro atoms. The Balaban J connectivity index is 1.68. The van der Waals surface area contributed by atoms with Gasteiger partial charge in [0.25, 0.3) is 0 Å². The van der Waals surface area contributed by atoms with Crippen LogP contribution < -0.4 is 21.7 Å². The van der Waals surface area contributed by atoms with Crippen molar-refractivity contribution in [1.29, 1.82) is 5.41 Å². The first-order chi connectivity index (χ1) is 15.5. The van der Waals surface area contributed by atoms with Gasteiger partial charge in [0, 0.05) is 23.0 Å². The number of nitrogens with zero attached hydrogens (tertiary/aromatic N) is 2. The Morgan fingerprint density at radius 3 is 2.03 bits per heavy atom. The Bertz CT molecular complexity index is 1140. The van der Waals surface area contributed by atoms with Gasteiger partial charge in [-0.25, -0.2) is 14.8 Å². The molecule has 172 valence electrons. The van der Waals surface area contributed by atoms with Crippen LogP contribution in [0.15, 0.2) is 54.9 Å². The van der Waals surface area contributed by atoms with Crippen LogP contribution in [-0.2, 0) is 6.18 Å². The fourth-order valence-electron chi connectivity index (χ4n) is 2.93. The van der Waals surface area contributed by atoms with Crippen LogP contribution in [0.2, 0.25) is 0 Å². The molecule has 2 aromatic carbocycles. The van der Waals surface area contributed by atoms with E-state index in [1.165, 1.54) is 18.5 Å². The van der Waals surface area contributed by atoms with Crippen LogP contribution in [0.1, 0.15) is 30.5 Å². The summed E-state index contributed by atoms with van der Waals surface area (Å²) in [5.74, 6) is 0.608. The van der Waals surface area contributed by atoms with Crippen molar-refractivity contribution in [2.75, 3.05) is 21.7 Å². The molecule has 0 unspecified atom stereocenters. The van der Waals surface area contributed by atoms with E-state index in [9.17, 15) is 18.0 Å². The third-order valence-corrected chi connectivity index (χ3v) is 4.45. The number of benzene rings is 2. The molecule has 0 saturated carbocycles. The minimum atomic E-state index is -4.45. The van der Waals surface area contributed by atoms with Gasteiger partial charge in [0.2, 0.25) is 0 Å². The van der Waals surface area contributed by atoms with Crippen molar-refractivity contribution in [3.05, 3.63) is 71.5 Å². The summed E-state index contributed by atoms with van der Waals surface area (Å²) in [6.07, 6.45) is -3.13. The van der Waals surface area contributed by atoms with Crippen molar-refractivity contribution < 1.29 is 18.0 Å². The van der Waals surface area contributed by atoms with Gasteiger partial charge in [-0.05, 0) is 50.2 Å². The minimum absolute atomic E-state index is 0.0700. The number of anilines is 4. The molecule has 3 aromatic rings. The van der Waals surface area contributed by atoms with Crippen LogP contribution in [0, 0.1) is 5.41 Å². The van der Waals surface area contributed by atoms with Crippen molar-refractivity contribution >= 4 is 34.8 Å². The molecule has 0 atom stereocenters. The molecule has 2 amide bonds. The van der Waals surface area contributed by atoms with E-state index in [0.717, 1.165) is 12.1 Å². The van der Waals surface area contributed by atoms with Crippen molar-refractivity contribution in [2.24, 2.45) is 0 Å². The highest BCUT2D eigenvalue weighted by atomic mass is 19.4. The Kier molecular flexibility index (Phi) is 6.80. The number of alkyl halides is 3. The lowest BCUT2D eigenvalue weighted by Crippen LogP contribution is -2.20. The molecular weight excluding hydrogens is 435 g/mol. The van der Waals surface area contributed by atoms with E-state index < -0.39 is 17.8 Å². The number of nitrogens with two attached hydrogens (primary N) is 1. The Morgan fingerprint density at radius 2 is 1.52 bits per heavy atom. The lowest BCUT2D eigenvalue weighted by molar-refractivity contribution is -0.137. The largest absolute Gasteiger partial charge is 0.416 e. The topological polar surface area (TPSA) is 129 Å². The van der Waals surface area contributed by atoms with Crippen molar-refractivity contribution in [1.82, 2.24) is 9.97 Å². The fraction of sp³-hybridized carbons (Fsp3) is 0.182. The first kappa shape index (κ1) is 23.5. The van der Waals surface area contributed by atoms with Crippen LogP contribution in [0.5, 0.6) is 0 Å². The molecule has 1 aromatic heterocycles. The minimum Gasteiger partial charge on any atom is -0.383 e. The van der Waals surface area contributed by atoms with Crippen LogP contribution in [-0.4, -0.2) is 27.8 Å². The summed E-state index contributed by atoms with van der Waals surface area (Å²) in [6.45, 7) is 3.86. The van der Waals surface area contributed by atoms with E-state index in [-0.39, 0.29) is 23.3 Å². The van der Waals surface area contributed by atoms with Gasteiger partial charge in [0.15, 0.2) is 0 Å². The van der Waals surface area contributed by atoms with E-state index in [0.29, 0.717) is 22.6 Å². The summed E-state index contributed by atoms with van der Waals surface area (Å²) < 4.78 is 37.9. The summed E-state index contributed by atoms with van der Waals surface area (Å²) in [4.78, 5) is 20.3. The maximum atomic E-state index is 12.6. The van der Waals surface area contributed by atoms with Crippen molar-refractivity contribution in [3.63, 3.8) is 0 Å². The van der Waals surface area contributed by atoms with Crippen molar-refractivity contribution in [2.45, 2.75) is 26.1 Å². The van der Waals surface area contributed by atoms with Crippen LogP contribution in [0.3, 0.4) is 0 Å². The predicted molar refractivity (Wildman–Crippen MR) is 122 cm³/mol. The molecule has 3 rings (SSSR count). The summed E-state index contributed by atoms with van der Waals surface area (Å²) in [5.41, 5.74) is 6.81. The lowest BCUT2D eigenvalue weighted by Gasteiger charge is -2.15. The van der Waals surface area contributed by atoms with Crippen LogP contribution in [0.25, 0.3) is 0 Å².